The Balaban J connectivity index is 1.85. The minimum absolute atomic E-state index is 0.0257. The number of benzene rings is 2. The van der Waals surface area contributed by atoms with Crippen LogP contribution in [0.3, 0.4) is 0 Å². The monoisotopic (exact) mass is 441 g/mol. The topological polar surface area (TPSA) is 75.9 Å². The molecule has 2 aromatic rings. The molecule has 0 amide bonds. The second kappa shape index (κ2) is 8.97. The van der Waals surface area contributed by atoms with Gasteiger partial charge >= 0.3 is 0 Å². The second-order valence-electron chi connectivity index (χ2n) is 7.40. The number of hydrogen-bond acceptors (Lipinski definition) is 5. The molecule has 0 saturated carbocycles. The van der Waals surface area contributed by atoms with Crippen LogP contribution in [0.1, 0.15) is 19.4 Å². The number of halogens is 2. The number of ether oxygens (including phenoxy) is 1. The van der Waals surface area contributed by atoms with Crippen molar-refractivity contribution in [1.29, 1.82) is 0 Å². The third-order valence-corrected chi connectivity index (χ3v) is 6.21. The Hall–Kier alpha value is -1.71. The van der Waals surface area contributed by atoms with Gasteiger partial charge in [0, 0.05) is 50.4 Å². The van der Waals surface area contributed by atoms with E-state index < -0.39 is 15.8 Å². The lowest BCUT2D eigenvalue weighted by Crippen LogP contribution is -2.48. The van der Waals surface area contributed by atoms with Crippen molar-refractivity contribution in [2.45, 2.75) is 31.3 Å². The van der Waals surface area contributed by atoms with Gasteiger partial charge in [-0.2, -0.15) is 0 Å². The predicted molar refractivity (Wildman–Crippen MR) is 111 cm³/mol. The van der Waals surface area contributed by atoms with Crippen LogP contribution in [0.4, 0.5) is 4.39 Å². The predicted octanol–water partition coefficient (Wildman–Crippen LogP) is 3.44. The molecule has 0 atom stereocenters. The minimum atomic E-state index is -3.84. The van der Waals surface area contributed by atoms with Crippen molar-refractivity contribution in [3.05, 3.63) is 52.8 Å². The average molecular weight is 442 g/mol. The van der Waals surface area contributed by atoms with Crippen LogP contribution in [0.15, 0.2) is 41.3 Å². The minimum Gasteiger partial charge on any atom is -0.457 e. The van der Waals surface area contributed by atoms with Crippen LogP contribution in [0.2, 0.25) is 5.02 Å². The molecule has 1 aliphatic heterocycles. The van der Waals surface area contributed by atoms with Gasteiger partial charge < -0.3 is 4.74 Å². The fourth-order valence-electron chi connectivity index (χ4n) is 3.30. The zero-order chi connectivity index (χ0) is 21.2. The highest BCUT2D eigenvalue weighted by atomic mass is 35.5. The maximum atomic E-state index is 13.4. The van der Waals surface area contributed by atoms with Gasteiger partial charge in [0.2, 0.25) is 10.0 Å². The lowest BCUT2D eigenvalue weighted by atomic mass is 10.1. The Bertz CT molecular complexity index is 977. The van der Waals surface area contributed by atoms with E-state index in [1.165, 1.54) is 30.3 Å². The number of nitrogens with zero attached hydrogens (tertiary/aromatic N) is 2. The largest absolute Gasteiger partial charge is 0.457 e. The molecule has 1 heterocycles. The molecule has 0 aromatic heterocycles. The highest BCUT2D eigenvalue weighted by Gasteiger charge is 2.21. The summed E-state index contributed by atoms with van der Waals surface area (Å²) in [4.78, 5) is 4.67. The highest BCUT2D eigenvalue weighted by Crippen LogP contribution is 2.31. The Kier molecular flexibility index (Phi) is 6.80. The molecule has 2 N–H and O–H groups in total. The Morgan fingerprint density at radius 3 is 2.41 bits per heavy atom. The van der Waals surface area contributed by atoms with Gasteiger partial charge in [-0.05, 0) is 44.2 Å². The molecule has 9 heteroatoms. The van der Waals surface area contributed by atoms with Crippen LogP contribution >= 0.6 is 11.6 Å². The molecule has 3 rings (SSSR count). The number of primary sulfonamides is 1. The quantitative estimate of drug-likeness (QED) is 0.743. The second-order valence-corrected chi connectivity index (χ2v) is 9.37. The first-order valence-electron chi connectivity index (χ1n) is 9.38. The Morgan fingerprint density at radius 2 is 1.83 bits per heavy atom. The molecule has 0 radical (unpaired) electrons. The summed E-state index contributed by atoms with van der Waals surface area (Å²) in [7, 11) is -3.84. The van der Waals surface area contributed by atoms with Crippen molar-refractivity contribution >= 4 is 21.6 Å². The summed E-state index contributed by atoms with van der Waals surface area (Å²) in [5.41, 5.74) is 0.690. The van der Waals surface area contributed by atoms with Crippen LogP contribution in [-0.2, 0) is 16.6 Å². The lowest BCUT2D eigenvalue weighted by Gasteiger charge is -2.37. The standard InChI is InChI=1S/C20H25ClFN3O3S/c1-14(2)25-9-7-24(8-10-25)13-15-11-17(29(23,26)27)4-6-20(15)28-16-3-5-19(22)18(21)12-16/h3-6,11-12,14H,7-10,13H2,1-2H3,(H2,23,26,27). The van der Waals surface area contributed by atoms with E-state index in [9.17, 15) is 12.8 Å². The van der Waals surface area contributed by atoms with Gasteiger partial charge in [-0.1, -0.05) is 11.6 Å². The number of sulfonamides is 1. The molecule has 6 nitrogen and oxygen atoms in total. The molecule has 1 saturated heterocycles. The van der Waals surface area contributed by atoms with E-state index in [1.54, 1.807) is 6.07 Å². The van der Waals surface area contributed by atoms with Crippen molar-refractivity contribution in [1.82, 2.24) is 9.80 Å². The molecular formula is C20H25ClFN3O3S. The maximum absolute atomic E-state index is 13.4. The fourth-order valence-corrected chi connectivity index (χ4v) is 4.04. The summed E-state index contributed by atoms with van der Waals surface area (Å²) in [6.07, 6.45) is 0. The van der Waals surface area contributed by atoms with E-state index >= 15 is 0 Å². The zero-order valence-electron chi connectivity index (χ0n) is 16.4. The molecule has 1 fully saturated rings. The first-order chi connectivity index (χ1) is 13.6. The summed E-state index contributed by atoms with van der Waals surface area (Å²) in [5, 5.41) is 5.26. The van der Waals surface area contributed by atoms with Crippen LogP contribution < -0.4 is 9.88 Å². The van der Waals surface area contributed by atoms with Crippen LogP contribution in [0, 0.1) is 5.82 Å². The van der Waals surface area contributed by atoms with Crippen LogP contribution in [0.5, 0.6) is 11.5 Å². The molecule has 29 heavy (non-hydrogen) atoms. The number of hydrogen-bond donors (Lipinski definition) is 1. The Labute approximate surface area is 176 Å². The van der Waals surface area contributed by atoms with Gasteiger partial charge in [-0.3, -0.25) is 9.80 Å². The third-order valence-electron chi connectivity index (χ3n) is 5.01. The normalized spacial score (nSPS) is 16.3. The smallest absolute Gasteiger partial charge is 0.238 e. The maximum Gasteiger partial charge on any atom is 0.238 e. The number of rotatable bonds is 6. The van der Waals surface area contributed by atoms with Crippen molar-refractivity contribution in [2.75, 3.05) is 26.2 Å². The molecule has 158 valence electrons. The highest BCUT2D eigenvalue weighted by molar-refractivity contribution is 7.89. The molecule has 0 bridgehead atoms. The van der Waals surface area contributed by atoms with E-state index in [0.717, 1.165) is 26.2 Å². The zero-order valence-corrected chi connectivity index (χ0v) is 18.0. The van der Waals surface area contributed by atoms with Crippen molar-refractivity contribution < 1.29 is 17.5 Å². The van der Waals surface area contributed by atoms with Gasteiger partial charge in [0.25, 0.3) is 0 Å². The summed E-state index contributed by atoms with van der Waals surface area (Å²) in [6, 6.07) is 9.07. The first-order valence-corrected chi connectivity index (χ1v) is 11.3. The van der Waals surface area contributed by atoms with Gasteiger partial charge in [-0.15, -0.1) is 0 Å². The molecule has 0 aliphatic carbocycles. The van der Waals surface area contributed by atoms with Crippen LogP contribution in [0.25, 0.3) is 0 Å². The third kappa shape index (κ3) is 5.67. The van der Waals surface area contributed by atoms with E-state index in [-0.39, 0.29) is 9.92 Å². The van der Waals surface area contributed by atoms with Gasteiger partial charge in [-0.25, -0.2) is 17.9 Å². The molecule has 0 unspecified atom stereocenters. The summed E-state index contributed by atoms with van der Waals surface area (Å²) < 4.78 is 42.9. The van der Waals surface area contributed by atoms with Gasteiger partial charge in [0.05, 0.1) is 9.92 Å². The summed E-state index contributed by atoms with van der Waals surface area (Å²) in [6.45, 7) is 8.46. The molecule has 1 aliphatic rings. The average Bonchev–Trinajstić information content (AvgIpc) is 2.65. The Morgan fingerprint density at radius 1 is 1.14 bits per heavy atom. The first kappa shape index (κ1) is 22.0. The van der Waals surface area contributed by atoms with E-state index in [0.29, 0.717) is 29.6 Å². The number of piperazine rings is 1. The van der Waals surface area contributed by atoms with E-state index in [4.69, 9.17) is 21.5 Å². The number of nitrogens with two attached hydrogens (primary N) is 1. The van der Waals surface area contributed by atoms with E-state index in [2.05, 4.69) is 23.6 Å². The van der Waals surface area contributed by atoms with Crippen molar-refractivity contribution in [3.8, 4) is 11.5 Å². The molecule has 0 spiro atoms. The molecule has 2 aromatic carbocycles. The SMILES string of the molecule is CC(C)N1CCN(Cc2cc(S(N)(=O)=O)ccc2Oc2ccc(F)c(Cl)c2)CC1. The van der Waals surface area contributed by atoms with Gasteiger partial charge in [0.1, 0.15) is 17.3 Å². The van der Waals surface area contributed by atoms with Crippen LogP contribution in [-0.4, -0.2) is 50.4 Å². The van der Waals surface area contributed by atoms with Crippen molar-refractivity contribution in [2.24, 2.45) is 5.14 Å². The van der Waals surface area contributed by atoms with E-state index in [1.807, 2.05) is 0 Å². The van der Waals surface area contributed by atoms with Gasteiger partial charge in [0.15, 0.2) is 0 Å². The van der Waals surface area contributed by atoms with Crippen molar-refractivity contribution in [3.63, 3.8) is 0 Å². The summed E-state index contributed by atoms with van der Waals surface area (Å²) in [5.74, 6) is 0.309. The molecular weight excluding hydrogens is 417 g/mol. The summed E-state index contributed by atoms with van der Waals surface area (Å²) >= 11 is 5.84. The lowest BCUT2D eigenvalue weighted by molar-refractivity contribution is 0.103. The fraction of sp³-hybridized carbons (Fsp3) is 0.400.